The second kappa shape index (κ2) is 8.93. The average Bonchev–Trinajstić information content (AvgIpc) is 2.53. The van der Waals surface area contributed by atoms with Crippen LogP contribution in [0.25, 0.3) is 0 Å². The lowest BCUT2D eigenvalue weighted by Crippen LogP contribution is -2.12. The van der Waals surface area contributed by atoms with Gasteiger partial charge in [0.25, 0.3) is 0 Å². The molecule has 0 aliphatic carbocycles. The van der Waals surface area contributed by atoms with Crippen LogP contribution >= 0.6 is 0 Å². The molecule has 8 heteroatoms. The maximum Gasteiger partial charge on any atom is 0.416 e. The molecule has 0 amide bonds. The first-order valence-corrected chi connectivity index (χ1v) is 6.94. The third-order valence-corrected chi connectivity index (χ3v) is 3.05. The summed E-state index contributed by atoms with van der Waals surface area (Å²) in [6, 6.07) is 6.01. The van der Waals surface area contributed by atoms with Gasteiger partial charge >= 0.3 is 12.1 Å². The Bertz CT molecular complexity index is 630. The molecule has 1 aromatic rings. The summed E-state index contributed by atoms with van der Waals surface area (Å²) < 4.78 is 46.9. The number of carbonyl (C=O) groups excluding carboxylic acids is 1. The average molecular weight is 343 g/mol. The van der Waals surface area contributed by atoms with Crippen molar-refractivity contribution in [1.82, 2.24) is 0 Å². The molecule has 0 aromatic heterocycles. The smallest absolute Gasteiger partial charge is 0.416 e. The number of halogens is 3. The molecule has 24 heavy (non-hydrogen) atoms. The minimum atomic E-state index is -4.41. The Kier molecular flexibility index (Phi) is 7.27. The first-order valence-electron chi connectivity index (χ1n) is 6.94. The molecule has 0 spiro atoms. The maximum atomic E-state index is 12.4. The second-order valence-corrected chi connectivity index (χ2v) is 4.76. The van der Waals surface area contributed by atoms with E-state index in [0.717, 1.165) is 12.1 Å². The summed E-state index contributed by atoms with van der Waals surface area (Å²) in [6.45, 7) is 0.00276. The van der Waals surface area contributed by atoms with Gasteiger partial charge in [0.15, 0.2) is 5.57 Å². The zero-order valence-electron chi connectivity index (χ0n) is 12.9. The monoisotopic (exact) mass is 343 g/mol. The van der Waals surface area contributed by atoms with Crippen molar-refractivity contribution in [2.24, 2.45) is 0 Å². The van der Waals surface area contributed by atoms with Crippen molar-refractivity contribution >= 4 is 5.97 Å². The van der Waals surface area contributed by atoms with E-state index >= 15 is 0 Å². The van der Waals surface area contributed by atoms with Crippen LogP contribution in [0.5, 0.6) is 0 Å². The normalized spacial score (nSPS) is 12.3. The van der Waals surface area contributed by atoms with Crippen LogP contribution in [0.1, 0.15) is 17.5 Å². The molecule has 0 aliphatic heterocycles. The minimum absolute atomic E-state index is 0.00655. The maximum absolute atomic E-state index is 12.4. The lowest BCUT2D eigenvalue weighted by molar-refractivity contribution is -0.139. The first kappa shape index (κ1) is 19.5. The lowest BCUT2D eigenvalue weighted by atomic mass is 10.1. The number of rotatable bonds is 7. The molecule has 0 saturated heterocycles. The third kappa shape index (κ3) is 5.93. The summed E-state index contributed by atoms with van der Waals surface area (Å²) in [6.07, 6.45) is -4.23. The Hall–Kier alpha value is -2.53. The number of aliphatic hydroxyl groups is 1. The van der Waals surface area contributed by atoms with Crippen LogP contribution in [0.4, 0.5) is 13.2 Å². The Labute approximate surface area is 136 Å². The number of esters is 1. The van der Waals surface area contributed by atoms with Gasteiger partial charge in [0.1, 0.15) is 11.8 Å². The van der Waals surface area contributed by atoms with E-state index in [1.54, 1.807) is 6.07 Å². The van der Waals surface area contributed by atoms with Crippen LogP contribution in [0.15, 0.2) is 35.6 Å². The van der Waals surface area contributed by atoms with E-state index in [1.807, 2.05) is 0 Å². The predicted molar refractivity (Wildman–Crippen MR) is 77.9 cm³/mol. The van der Waals surface area contributed by atoms with Gasteiger partial charge in [-0.25, -0.2) is 4.79 Å². The number of nitriles is 1. The Morgan fingerprint density at radius 3 is 2.38 bits per heavy atom. The van der Waals surface area contributed by atoms with Gasteiger partial charge in [0.2, 0.25) is 0 Å². The number of hydrogen-bond donors (Lipinski definition) is 1. The summed E-state index contributed by atoms with van der Waals surface area (Å²) in [4.78, 5) is 11.7. The molecular weight excluding hydrogens is 327 g/mol. The number of ether oxygens (including phenoxy) is 2. The summed E-state index contributed by atoms with van der Waals surface area (Å²) >= 11 is 0. The van der Waals surface area contributed by atoms with Crippen LogP contribution in [0.3, 0.4) is 0 Å². The summed E-state index contributed by atoms with van der Waals surface area (Å²) in [7, 11) is 1.40. The predicted octanol–water partition coefficient (Wildman–Crippen LogP) is 3.16. The molecule has 0 radical (unpaired) electrons. The zero-order valence-corrected chi connectivity index (χ0v) is 12.9. The highest BCUT2D eigenvalue weighted by atomic mass is 19.4. The van der Waals surface area contributed by atoms with E-state index in [9.17, 15) is 23.1 Å². The molecule has 130 valence electrons. The van der Waals surface area contributed by atoms with Crippen molar-refractivity contribution in [1.29, 1.82) is 5.26 Å². The van der Waals surface area contributed by atoms with Crippen molar-refractivity contribution < 1.29 is 32.5 Å². The highest BCUT2D eigenvalue weighted by molar-refractivity contribution is 5.93. The molecule has 1 aromatic carbocycles. The highest BCUT2D eigenvalue weighted by Gasteiger charge is 2.29. The van der Waals surface area contributed by atoms with Crippen molar-refractivity contribution in [3.8, 4) is 6.07 Å². The van der Waals surface area contributed by atoms with Crippen molar-refractivity contribution in [3.05, 3.63) is 46.7 Å². The fourth-order valence-electron chi connectivity index (χ4n) is 1.75. The van der Waals surface area contributed by atoms with Gasteiger partial charge in [-0.3, -0.25) is 0 Å². The zero-order chi connectivity index (χ0) is 18.2. The molecule has 0 fully saturated rings. The SMILES string of the molecule is COCC/C(O)=C(\C#N)C(=O)OCCc1ccc(C(F)(F)F)cc1. The molecule has 0 bridgehead atoms. The number of aliphatic hydroxyl groups excluding tert-OH is 1. The van der Waals surface area contributed by atoms with Crippen LogP contribution in [0.2, 0.25) is 0 Å². The molecule has 0 aliphatic rings. The molecule has 0 heterocycles. The van der Waals surface area contributed by atoms with Crippen LogP contribution in [-0.4, -0.2) is 31.4 Å². The number of alkyl halides is 3. The van der Waals surface area contributed by atoms with Gasteiger partial charge in [0, 0.05) is 20.0 Å². The molecule has 0 saturated carbocycles. The van der Waals surface area contributed by atoms with Gasteiger partial charge in [-0.2, -0.15) is 18.4 Å². The van der Waals surface area contributed by atoms with E-state index < -0.39 is 29.0 Å². The topological polar surface area (TPSA) is 79.5 Å². The van der Waals surface area contributed by atoms with E-state index in [0.29, 0.717) is 5.56 Å². The third-order valence-electron chi connectivity index (χ3n) is 3.05. The number of methoxy groups -OCH3 is 1. The fraction of sp³-hybridized carbons (Fsp3) is 0.375. The molecule has 1 N–H and O–H groups in total. The van der Waals surface area contributed by atoms with Gasteiger partial charge in [-0.15, -0.1) is 0 Å². The Balaban J connectivity index is 2.57. The molecular formula is C16H16F3NO4. The van der Waals surface area contributed by atoms with Crippen LogP contribution in [0, 0.1) is 11.3 Å². The first-order chi connectivity index (χ1) is 11.3. The Morgan fingerprint density at radius 2 is 1.88 bits per heavy atom. The quantitative estimate of drug-likeness (QED) is 0.356. The summed E-state index contributed by atoms with van der Waals surface area (Å²) in [5, 5.41) is 18.5. The summed E-state index contributed by atoms with van der Waals surface area (Å²) in [5.74, 6) is -1.42. The molecule has 0 atom stereocenters. The minimum Gasteiger partial charge on any atom is -0.511 e. The fourth-order valence-corrected chi connectivity index (χ4v) is 1.75. The van der Waals surface area contributed by atoms with Crippen molar-refractivity contribution in [2.45, 2.75) is 19.0 Å². The van der Waals surface area contributed by atoms with Crippen LogP contribution in [-0.2, 0) is 26.9 Å². The van der Waals surface area contributed by atoms with Gasteiger partial charge in [-0.1, -0.05) is 12.1 Å². The number of nitrogens with zero attached hydrogens (tertiary/aromatic N) is 1. The van der Waals surface area contributed by atoms with Gasteiger partial charge in [0.05, 0.1) is 18.8 Å². The lowest BCUT2D eigenvalue weighted by Gasteiger charge is -2.08. The van der Waals surface area contributed by atoms with E-state index in [-0.39, 0.29) is 26.1 Å². The number of carbonyl (C=O) groups is 1. The Morgan fingerprint density at radius 1 is 1.25 bits per heavy atom. The number of benzene rings is 1. The van der Waals surface area contributed by atoms with Crippen molar-refractivity contribution in [2.75, 3.05) is 20.3 Å². The summed E-state index contributed by atoms with van der Waals surface area (Å²) in [5.41, 5.74) is -0.734. The highest BCUT2D eigenvalue weighted by Crippen LogP contribution is 2.29. The molecule has 0 unspecified atom stereocenters. The molecule has 5 nitrogen and oxygen atoms in total. The van der Waals surface area contributed by atoms with E-state index in [2.05, 4.69) is 0 Å². The molecule has 1 rings (SSSR count). The number of hydrogen-bond acceptors (Lipinski definition) is 5. The largest absolute Gasteiger partial charge is 0.511 e. The van der Waals surface area contributed by atoms with Gasteiger partial charge in [-0.05, 0) is 17.7 Å². The van der Waals surface area contributed by atoms with Gasteiger partial charge < -0.3 is 14.6 Å². The second-order valence-electron chi connectivity index (χ2n) is 4.76. The standard InChI is InChI=1S/C16H16F3NO4/c1-23-8-7-14(21)13(10-20)15(22)24-9-6-11-2-4-12(5-3-11)16(17,18)19/h2-5,21H,6-9H2,1H3/b14-13-. The van der Waals surface area contributed by atoms with E-state index in [1.165, 1.54) is 19.2 Å². The van der Waals surface area contributed by atoms with E-state index in [4.69, 9.17) is 14.7 Å². The van der Waals surface area contributed by atoms with Crippen LogP contribution < -0.4 is 0 Å². The van der Waals surface area contributed by atoms with Crippen molar-refractivity contribution in [3.63, 3.8) is 0 Å².